The van der Waals surface area contributed by atoms with Crippen LogP contribution in [0.2, 0.25) is 0 Å². The van der Waals surface area contributed by atoms with Crippen molar-refractivity contribution in [3.63, 3.8) is 0 Å². The Hall–Kier alpha value is -2.46. The molecule has 0 radical (unpaired) electrons. The van der Waals surface area contributed by atoms with E-state index in [1.54, 1.807) is 0 Å². The van der Waals surface area contributed by atoms with E-state index in [1.807, 2.05) is 0 Å². The number of ether oxygens (including phenoxy) is 1. The Morgan fingerprint density at radius 2 is 1.73 bits per heavy atom. The van der Waals surface area contributed by atoms with E-state index >= 15 is 0 Å². The van der Waals surface area contributed by atoms with Crippen LogP contribution in [0.15, 0.2) is 53.4 Å². The molecule has 0 unspecified atom stereocenters. The maximum absolute atomic E-state index is 12.9. The summed E-state index contributed by atoms with van der Waals surface area (Å²) in [5.74, 6) is -2.06. The van der Waals surface area contributed by atoms with Crippen molar-refractivity contribution in [2.45, 2.75) is 11.1 Å². The Labute approximate surface area is 146 Å². The van der Waals surface area contributed by atoms with E-state index < -0.39 is 40.1 Å². The van der Waals surface area contributed by atoms with E-state index in [0.29, 0.717) is 10.4 Å². The first-order valence-corrected chi connectivity index (χ1v) is 8.54. The van der Waals surface area contributed by atoms with Crippen molar-refractivity contribution in [2.75, 3.05) is 13.6 Å². The van der Waals surface area contributed by atoms with E-state index in [1.165, 1.54) is 0 Å². The summed E-state index contributed by atoms with van der Waals surface area (Å²) in [6.07, 6.45) is -4.61. The molecule has 0 saturated carbocycles. The molecule has 0 atom stereocenters. The highest BCUT2D eigenvalue weighted by Gasteiger charge is 2.31. The molecule has 0 fully saturated rings. The third-order valence-electron chi connectivity index (χ3n) is 3.27. The Morgan fingerprint density at radius 1 is 1.12 bits per heavy atom. The molecule has 2 aromatic rings. The fourth-order valence-electron chi connectivity index (χ4n) is 1.95. The number of alkyl halides is 3. The van der Waals surface area contributed by atoms with Gasteiger partial charge in [0.2, 0.25) is 10.0 Å². The summed E-state index contributed by atoms with van der Waals surface area (Å²) in [5, 5.41) is 0. The number of carbonyl (C=O) groups is 1. The topological polar surface area (TPSA) is 63.7 Å². The molecule has 0 bridgehead atoms. The zero-order valence-electron chi connectivity index (χ0n) is 13.3. The molecule has 0 heterocycles. The Balaban J connectivity index is 2.09. The molecule has 140 valence electrons. The number of hydrogen-bond acceptors (Lipinski definition) is 4. The quantitative estimate of drug-likeness (QED) is 0.447. The minimum atomic E-state index is -4.61. The number of benzene rings is 2. The van der Waals surface area contributed by atoms with Gasteiger partial charge >= 0.3 is 12.1 Å². The maximum atomic E-state index is 12.9. The summed E-state index contributed by atoms with van der Waals surface area (Å²) in [5.41, 5.74) is -1.00. The highest BCUT2D eigenvalue weighted by Crippen LogP contribution is 2.31. The van der Waals surface area contributed by atoms with Crippen LogP contribution in [0, 0.1) is 5.82 Å². The van der Waals surface area contributed by atoms with Gasteiger partial charge in [-0.15, -0.1) is 0 Å². The number of nitrogens with zero attached hydrogens (tertiary/aromatic N) is 1. The highest BCUT2D eigenvalue weighted by atomic mass is 32.2. The van der Waals surface area contributed by atoms with E-state index in [-0.39, 0.29) is 10.6 Å². The van der Waals surface area contributed by atoms with Crippen molar-refractivity contribution >= 4 is 16.0 Å². The maximum Gasteiger partial charge on any atom is 0.416 e. The third-order valence-corrected chi connectivity index (χ3v) is 5.08. The fourth-order valence-corrected chi connectivity index (χ4v) is 3.07. The van der Waals surface area contributed by atoms with Gasteiger partial charge in [0.15, 0.2) is 0 Å². The largest absolute Gasteiger partial charge is 0.426 e. The second-order valence-electron chi connectivity index (χ2n) is 5.21. The molecule has 5 nitrogen and oxygen atoms in total. The van der Waals surface area contributed by atoms with Gasteiger partial charge in [0.05, 0.1) is 10.5 Å². The van der Waals surface area contributed by atoms with Gasteiger partial charge in [0.25, 0.3) is 0 Å². The van der Waals surface area contributed by atoms with Crippen molar-refractivity contribution in [2.24, 2.45) is 0 Å². The van der Waals surface area contributed by atoms with Gasteiger partial charge in [-0.25, -0.2) is 12.8 Å². The lowest BCUT2D eigenvalue weighted by Gasteiger charge is -2.16. The highest BCUT2D eigenvalue weighted by molar-refractivity contribution is 7.89. The first kappa shape index (κ1) is 19.9. The molecule has 26 heavy (non-hydrogen) atoms. The average molecular weight is 391 g/mol. The van der Waals surface area contributed by atoms with Gasteiger partial charge in [0, 0.05) is 7.05 Å². The molecule has 0 aliphatic heterocycles. The number of halogens is 4. The Morgan fingerprint density at radius 3 is 2.31 bits per heavy atom. The van der Waals surface area contributed by atoms with Gasteiger partial charge in [-0.05, 0) is 42.5 Å². The van der Waals surface area contributed by atoms with Crippen LogP contribution >= 0.6 is 0 Å². The van der Waals surface area contributed by atoms with Gasteiger partial charge in [0.1, 0.15) is 18.1 Å². The average Bonchev–Trinajstić information content (AvgIpc) is 2.54. The third kappa shape index (κ3) is 4.79. The van der Waals surface area contributed by atoms with E-state index in [0.717, 1.165) is 49.5 Å². The van der Waals surface area contributed by atoms with Crippen LogP contribution in [0.25, 0.3) is 0 Å². The molecular formula is C16H13F4NO4S. The van der Waals surface area contributed by atoms with Crippen LogP contribution in [-0.4, -0.2) is 32.3 Å². The molecule has 0 aliphatic rings. The van der Waals surface area contributed by atoms with Crippen molar-refractivity contribution in [1.82, 2.24) is 4.31 Å². The number of sulfonamides is 1. The van der Waals surface area contributed by atoms with Gasteiger partial charge in [-0.1, -0.05) is 6.07 Å². The lowest BCUT2D eigenvalue weighted by molar-refractivity contribution is -0.139. The summed E-state index contributed by atoms with van der Waals surface area (Å²) >= 11 is 0. The van der Waals surface area contributed by atoms with E-state index in [9.17, 15) is 30.8 Å². The minimum Gasteiger partial charge on any atom is -0.426 e. The Kier molecular flexibility index (Phi) is 5.67. The SMILES string of the molecule is CN(CC(=O)Oc1cccc(C(F)(F)F)c1)S(=O)(=O)c1ccc(F)cc1. The molecule has 0 aliphatic carbocycles. The van der Waals surface area contributed by atoms with Crippen LogP contribution in [-0.2, 0) is 21.0 Å². The molecule has 0 aromatic heterocycles. The molecule has 0 amide bonds. The summed E-state index contributed by atoms with van der Waals surface area (Å²) in [6, 6.07) is 7.59. The summed E-state index contributed by atoms with van der Waals surface area (Å²) in [7, 11) is -3.00. The monoisotopic (exact) mass is 391 g/mol. The molecular weight excluding hydrogens is 378 g/mol. The molecule has 2 rings (SSSR count). The second kappa shape index (κ2) is 7.42. The summed E-state index contributed by atoms with van der Waals surface area (Å²) in [4.78, 5) is 11.6. The van der Waals surface area contributed by atoms with Crippen LogP contribution in [0.3, 0.4) is 0 Å². The summed E-state index contributed by atoms with van der Waals surface area (Å²) in [6.45, 7) is -0.740. The number of rotatable bonds is 5. The lowest BCUT2D eigenvalue weighted by atomic mass is 10.2. The minimum absolute atomic E-state index is 0.242. The summed E-state index contributed by atoms with van der Waals surface area (Å²) < 4.78 is 80.7. The van der Waals surface area contributed by atoms with Crippen molar-refractivity contribution in [3.8, 4) is 5.75 Å². The Bertz CT molecular complexity index is 895. The first-order chi connectivity index (χ1) is 12.0. The normalized spacial score (nSPS) is 12.2. The van der Waals surface area contributed by atoms with Crippen LogP contribution in [0.4, 0.5) is 17.6 Å². The zero-order chi connectivity index (χ0) is 19.5. The van der Waals surface area contributed by atoms with Crippen molar-refractivity contribution < 1.29 is 35.5 Å². The van der Waals surface area contributed by atoms with Crippen molar-refractivity contribution in [3.05, 3.63) is 59.9 Å². The standard InChI is InChI=1S/C16H13F4NO4S/c1-21(26(23,24)14-7-5-12(17)6-8-14)10-15(22)25-13-4-2-3-11(9-13)16(18,19)20/h2-9H,10H2,1H3. The number of hydrogen-bond donors (Lipinski definition) is 0. The fraction of sp³-hybridized carbons (Fsp3) is 0.188. The molecule has 0 N–H and O–H groups in total. The smallest absolute Gasteiger partial charge is 0.416 e. The molecule has 0 spiro atoms. The van der Waals surface area contributed by atoms with Gasteiger partial charge in [-0.2, -0.15) is 17.5 Å². The van der Waals surface area contributed by atoms with E-state index in [4.69, 9.17) is 4.74 Å². The molecule has 2 aromatic carbocycles. The van der Waals surface area contributed by atoms with Crippen LogP contribution in [0.5, 0.6) is 5.75 Å². The predicted octanol–water partition coefficient (Wildman–Crippen LogP) is 3.07. The number of likely N-dealkylation sites (N-methyl/N-ethyl adjacent to an activating group) is 1. The second-order valence-corrected chi connectivity index (χ2v) is 7.26. The number of esters is 1. The molecule has 0 saturated heterocycles. The van der Waals surface area contributed by atoms with Crippen molar-refractivity contribution in [1.29, 1.82) is 0 Å². The zero-order valence-corrected chi connectivity index (χ0v) is 14.1. The lowest BCUT2D eigenvalue weighted by Crippen LogP contribution is -2.34. The van der Waals surface area contributed by atoms with E-state index in [2.05, 4.69) is 0 Å². The number of carbonyl (C=O) groups excluding carboxylic acids is 1. The van der Waals surface area contributed by atoms with Crippen LogP contribution < -0.4 is 4.74 Å². The van der Waals surface area contributed by atoms with Crippen LogP contribution in [0.1, 0.15) is 5.56 Å². The van der Waals surface area contributed by atoms with Gasteiger partial charge in [-0.3, -0.25) is 4.79 Å². The predicted molar refractivity (Wildman–Crippen MR) is 83.3 cm³/mol. The first-order valence-electron chi connectivity index (χ1n) is 7.10. The molecule has 10 heteroatoms. The van der Waals surface area contributed by atoms with Gasteiger partial charge < -0.3 is 4.74 Å².